The van der Waals surface area contributed by atoms with Gasteiger partial charge in [-0.05, 0) is 24.8 Å². The summed E-state index contributed by atoms with van der Waals surface area (Å²) < 4.78 is 28.1. The van der Waals surface area contributed by atoms with Crippen LogP contribution < -0.4 is 5.56 Å². The molecular weight excluding hydrogens is 370 g/mol. The molecule has 0 fully saturated rings. The molecule has 0 atom stereocenters. The lowest BCUT2D eigenvalue weighted by Crippen LogP contribution is -2.32. The molecule has 0 N–H and O–H groups in total. The summed E-state index contributed by atoms with van der Waals surface area (Å²) in [5, 5.41) is 2.99. The van der Waals surface area contributed by atoms with E-state index in [1.165, 1.54) is 27.2 Å². The van der Waals surface area contributed by atoms with Gasteiger partial charge >= 0.3 is 0 Å². The Kier molecular flexibility index (Phi) is 7.14. The summed E-state index contributed by atoms with van der Waals surface area (Å²) in [5.74, 6) is 0.618. The topological polar surface area (TPSA) is 72.3 Å². The Morgan fingerprint density at radius 3 is 2.54 bits per heavy atom. The summed E-state index contributed by atoms with van der Waals surface area (Å²) in [7, 11) is -3.59. The molecule has 2 aromatic heterocycles. The van der Waals surface area contributed by atoms with Crippen molar-refractivity contribution in [2.75, 3.05) is 13.1 Å². The van der Waals surface area contributed by atoms with Crippen molar-refractivity contribution in [3.8, 4) is 0 Å². The molecule has 0 saturated carbocycles. The molecule has 2 heterocycles. The SMILES string of the molecule is CCN(CC)S(=O)(=O)c1ccc(=O)n(Cc2csc(CCC(C)C)n2)c1. The van der Waals surface area contributed by atoms with Gasteiger partial charge in [0.05, 0.1) is 22.1 Å². The van der Waals surface area contributed by atoms with E-state index in [0.717, 1.165) is 23.5 Å². The van der Waals surface area contributed by atoms with Gasteiger partial charge < -0.3 is 4.57 Å². The zero-order chi connectivity index (χ0) is 19.3. The van der Waals surface area contributed by atoms with Crippen LogP contribution in [0.3, 0.4) is 0 Å². The van der Waals surface area contributed by atoms with Gasteiger partial charge in [-0.2, -0.15) is 4.31 Å². The van der Waals surface area contributed by atoms with Gasteiger partial charge in [-0.1, -0.05) is 27.7 Å². The maximum absolute atomic E-state index is 12.7. The minimum atomic E-state index is -3.59. The summed E-state index contributed by atoms with van der Waals surface area (Å²) in [5.41, 5.74) is 0.550. The second-order valence-corrected chi connectivity index (χ2v) is 9.47. The molecule has 26 heavy (non-hydrogen) atoms. The number of hydrogen-bond acceptors (Lipinski definition) is 5. The molecule has 144 valence electrons. The molecule has 0 aromatic carbocycles. The molecule has 0 amide bonds. The first-order chi connectivity index (χ1) is 12.3. The summed E-state index contributed by atoms with van der Waals surface area (Å²) in [6, 6.07) is 2.68. The smallest absolute Gasteiger partial charge is 0.250 e. The largest absolute Gasteiger partial charge is 0.308 e. The quantitative estimate of drug-likeness (QED) is 0.652. The summed E-state index contributed by atoms with van der Waals surface area (Å²) >= 11 is 1.59. The van der Waals surface area contributed by atoms with E-state index in [2.05, 4.69) is 18.8 Å². The van der Waals surface area contributed by atoms with Crippen molar-refractivity contribution in [2.24, 2.45) is 5.92 Å². The van der Waals surface area contributed by atoms with Crippen LogP contribution in [0.4, 0.5) is 0 Å². The van der Waals surface area contributed by atoms with Crippen molar-refractivity contribution in [1.82, 2.24) is 13.9 Å². The van der Waals surface area contributed by atoms with E-state index in [9.17, 15) is 13.2 Å². The van der Waals surface area contributed by atoms with E-state index in [1.807, 2.05) is 5.38 Å². The van der Waals surface area contributed by atoms with E-state index in [4.69, 9.17) is 0 Å². The van der Waals surface area contributed by atoms with Crippen LogP contribution in [0.2, 0.25) is 0 Å². The third-order valence-corrected chi connectivity index (χ3v) is 7.16. The van der Waals surface area contributed by atoms with Gasteiger partial charge in [-0.15, -0.1) is 11.3 Å². The Labute approximate surface area is 159 Å². The molecule has 0 aliphatic heterocycles. The van der Waals surface area contributed by atoms with Gasteiger partial charge in [-0.25, -0.2) is 13.4 Å². The third-order valence-electron chi connectivity index (χ3n) is 4.17. The number of hydrogen-bond donors (Lipinski definition) is 0. The number of nitrogens with zero attached hydrogens (tertiary/aromatic N) is 3. The first-order valence-electron chi connectivity index (χ1n) is 8.91. The van der Waals surface area contributed by atoms with Crippen molar-refractivity contribution < 1.29 is 8.42 Å². The normalized spacial score (nSPS) is 12.2. The van der Waals surface area contributed by atoms with E-state index in [-0.39, 0.29) is 17.0 Å². The number of sulfonamides is 1. The lowest BCUT2D eigenvalue weighted by atomic mass is 10.1. The Bertz CT molecular complexity index is 881. The highest BCUT2D eigenvalue weighted by Gasteiger charge is 2.22. The molecule has 0 aliphatic rings. The van der Waals surface area contributed by atoms with Crippen LogP contribution in [-0.4, -0.2) is 35.4 Å². The monoisotopic (exact) mass is 397 g/mol. The lowest BCUT2D eigenvalue weighted by Gasteiger charge is -2.18. The Morgan fingerprint density at radius 2 is 1.92 bits per heavy atom. The minimum Gasteiger partial charge on any atom is -0.308 e. The predicted octanol–water partition coefficient (Wildman–Crippen LogP) is 2.97. The van der Waals surface area contributed by atoms with Gasteiger partial charge in [0.15, 0.2) is 0 Å². The Hall–Kier alpha value is -1.51. The maximum atomic E-state index is 12.7. The molecule has 6 nitrogen and oxygen atoms in total. The van der Waals surface area contributed by atoms with Crippen LogP contribution in [0, 0.1) is 5.92 Å². The van der Waals surface area contributed by atoms with Gasteiger partial charge in [0, 0.05) is 30.7 Å². The van der Waals surface area contributed by atoms with Crippen LogP contribution in [0.5, 0.6) is 0 Å². The maximum Gasteiger partial charge on any atom is 0.250 e. The van der Waals surface area contributed by atoms with Crippen molar-refractivity contribution in [3.05, 3.63) is 44.8 Å². The number of aromatic nitrogens is 2. The molecule has 2 aromatic rings. The summed E-state index contributed by atoms with van der Waals surface area (Å²) in [4.78, 5) is 16.9. The van der Waals surface area contributed by atoms with E-state index in [1.54, 1.807) is 25.2 Å². The van der Waals surface area contributed by atoms with Crippen LogP contribution in [-0.2, 0) is 23.0 Å². The van der Waals surface area contributed by atoms with Crippen molar-refractivity contribution >= 4 is 21.4 Å². The zero-order valence-electron chi connectivity index (χ0n) is 15.8. The van der Waals surface area contributed by atoms with Gasteiger partial charge in [-0.3, -0.25) is 4.79 Å². The summed E-state index contributed by atoms with van der Waals surface area (Å²) in [6.45, 7) is 9.01. The van der Waals surface area contributed by atoms with Crippen molar-refractivity contribution in [1.29, 1.82) is 0 Å². The van der Waals surface area contributed by atoms with Gasteiger partial charge in [0.25, 0.3) is 5.56 Å². The van der Waals surface area contributed by atoms with Gasteiger partial charge in [0.1, 0.15) is 0 Å². The molecule has 8 heteroatoms. The average molecular weight is 398 g/mol. The molecular formula is C18H27N3O3S2. The van der Waals surface area contributed by atoms with Crippen molar-refractivity contribution in [3.63, 3.8) is 0 Å². The molecule has 0 radical (unpaired) electrons. The molecule has 0 spiro atoms. The number of thiazole rings is 1. The zero-order valence-corrected chi connectivity index (χ0v) is 17.4. The fraction of sp³-hybridized carbons (Fsp3) is 0.556. The van der Waals surface area contributed by atoms with E-state index >= 15 is 0 Å². The van der Waals surface area contributed by atoms with E-state index in [0.29, 0.717) is 19.0 Å². The minimum absolute atomic E-state index is 0.135. The van der Waals surface area contributed by atoms with Crippen LogP contribution >= 0.6 is 11.3 Å². The highest BCUT2D eigenvalue weighted by molar-refractivity contribution is 7.89. The second kappa shape index (κ2) is 8.92. The average Bonchev–Trinajstić information content (AvgIpc) is 3.03. The molecule has 0 unspecified atom stereocenters. The van der Waals surface area contributed by atoms with E-state index < -0.39 is 10.0 Å². The standard InChI is InChI=1S/C18H27N3O3S2/c1-5-21(6-2)26(23,24)16-8-10-18(22)20(12-16)11-15-13-25-17(19-15)9-7-14(3)4/h8,10,12-14H,5-7,9,11H2,1-4H3. The first kappa shape index (κ1) is 20.8. The van der Waals surface area contributed by atoms with Crippen LogP contribution in [0.1, 0.15) is 44.8 Å². The van der Waals surface area contributed by atoms with Crippen LogP contribution in [0.15, 0.2) is 33.4 Å². The highest BCUT2D eigenvalue weighted by atomic mass is 32.2. The third kappa shape index (κ3) is 5.02. The number of pyridine rings is 1. The second-order valence-electron chi connectivity index (χ2n) is 6.59. The molecule has 2 rings (SSSR count). The molecule has 0 bridgehead atoms. The first-order valence-corrected chi connectivity index (χ1v) is 11.2. The van der Waals surface area contributed by atoms with Crippen LogP contribution in [0.25, 0.3) is 0 Å². The predicted molar refractivity (Wildman–Crippen MR) is 105 cm³/mol. The number of aryl methyl sites for hydroxylation is 1. The van der Waals surface area contributed by atoms with Crippen molar-refractivity contribution in [2.45, 2.75) is 52.0 Å². The Morgan fingerprint density at radius 1 is 1.23 bits per heavy atom. The number of rotatable bonds is 9. The highest BCUT2D eigenvalue weighted by Crippen LogP contribution is 2.17. The molecule has 0 saturated heterocycles. The fourth-order valence-electron chi connectivity index (χ4n) is 2.62. The Balaban J connectivity index is 2.24. The molecule has 0 aliphatic carbocycles. The summed E-state index contributed by atoms with van der Waals surface area (Å²) in [6.07, 6.45) is 3.42. The fourth-order valence-corrected chi connectivity index (χ4v) is 4.90. The lowest BCUT2D eigenvalue weighted by molar-refractivity contribution is 0.444. The van der Waals surface area contributed by atoms with Gasteiger partial charge in [0.2, 0.25) is 10.0 Å².